The lowest BCUT2D eigenvalue weighted by atomic mass is 9.67. The molecule has 0 bridgehead atoms. The topological polar surface area (TPSA) is 46.3 Å². The Kier molecular flexibility index (Phi) is 4.71. The highest BCUT2D eigenvalue weighted by molar-refractivity contribution is 7.80. The van der Waals surface area contributed by atoms with Crippen molar-refractivity contribution >= 4 is 23.1 Å². The van der Waals surface area contributed by atoms with E-state index in [4.69, 9.17) is 18.0 Å². The summed E-state index contributed by atoms with van der Waals surface area (Å²) in [5, 5.41) is 0. The minimum atomic E-state index is -0.500. The molecular weight excluding hydrogens is 220 g/mol. The molecule has 4 heteroatoms. The zero-order valence-corrected chi connectivity index (χ0v) is 11.1. The van der Waals surface area contributed by atoms with Gasteiger partial charge in [-0.05, 0) is 25.7 Å². The molecule has 0 aliphatic heterocycles. The molecule has 16 heavy (non-hydrogen) atoms. The van der Waals surface area contributed by atoms with Crippen LogP contribution in [0.15, 0.2) is 0 Å². The summed E-state index contributed by atoms with van der Waals surface area (Å²) in [7, 11) is 0. The summed E-state index contributed by atoms with van der Waals surface area (Å²) >= 11 is 5.07. The Labute approximate surface area is 103 Å². The molecule has 0 unspecified atom stereocenters. The Bertz CT molecular complexity index is 268. The molecule has 0 radical (unpaired) electrons. The summed E-state index contributed by atoms with van der Waals surface area (Å²) in [6.07, 6.45) is 4.71. The van der Waals surface area contributed by atoms with Gasteiger partial charge < -0.3 is 10.6 Å². The van der Waals surface area contributed by atoms with Crippen molar-refractivity contribution in [2.45, 2.75) is 46.0 Å². The Balaban J connectivity index is 2.75. The van der Waals surface area contributed by atoms with Crippen molar-refractivity contribution in [3.05, 3.63) is 0 Å². The van der Waals surface area contributed by atoms with E-state index in [1.807, 2.05) is 4.90 Å². The van der Waals surface area contributed by atoms with E-state index in [1.54, 1.807) is 0 Å². The van der Waals surface area contributed by atoms with E-state index in [0.717, 1.165) is 45.2 Å². The Morgan fingerprint density at radius 2 is 1.81 bits per heavy atom. The molecule has 0 heterocycles. The van der Waals surface area contributed by atoms with E-state index in [1.165, 1.54) is 0 Å². The zero-order chi connectivity index (χ0) is 12.2. The average molecular weight is 242 g/mol. The highest BCUT2D eigenvalue weighted by Crippen LogP contribution is 2.42. The van der Waals surface area contributed by atoms with Crippen molar-refractivity contribution in [3.63, 3.8) is 0 Å². The SMILES string of the molecule is CCCN(CCC)C(=O)C1(C(N)=S)CCC1. The van der Waals surface area contributed by atoms with Crippen molar-refractivity contribution in [2.75, 3.05) is 13.1 Å². The van der Waals surface area contributed by atoms with Crippen LogP contribution >= 0.6 is 12.2 Å². The first kappa shape index (κ1) is 13.4. The van der Waals surface area contributed by atoms with E-state index < -0.39 is 5.41 Å². The van der Waals surface area contributed by atoms with Gasteiger partial charge in [-0.2, -0.15) is 0 Å². The van der Waals surface area contributed by atoms with Gasteiger partial charge in [-0.3, -0.25) is 4.79 Å². The number of rotatable bonds is 6. The molecule has 1 fully saturated rings. The standard InChI is InChI=1S/C12H22N2OS/c1-3-8-14(9-4-2)11(15)12(10(13)16)6-5-7-12/h3-9H2,1-2H3,(H2,13,16). The molecule has 2 N–H and O–H groups in total. The number of hydrogen-bond acceptors (Lipinski definition) is 2. The molecule has 0 aromatic rings. The van der Waals surface area contributed by atoms with Crippen LogP contribution in [0.5, 0.6) is 0 Å². The highest BCUT2D eigenvalue weighted by Gasteiger charge is 2.48. The van der Waals surface area contributed by atoms with Gasteiger partial charge in [-0.15, -0.1) is 0 Å². The molecule has 0 saturated heterocycles. The molecule has 0 aromatic heterocycles. The van der Waals surface area contributed by atoms with Crippen LogP contribution in [-0.2, 0) is 4.79 Å². The first-order valence-corrected chi connectivity index (χ1v) is 6.58. The maximum atomic E-state index is 12.4. The number of amides is 1. The summed E-state index contributed by atoms with van der Waals surface area (Å²) in [6.45, 7) is 5.81. The van der Waals surface area contributed by atoms with Crippen LogP contribution in [-0.4, -0.2) is 28.9 Å². The van der Waals surface area contributed by atoms with Gasteiger partial charge in [0, 0.05) is 13.1 Å². The number of nitrogens with zero attached hydrogens (tertiary/aromatic N) is 1. The van der Waals surface area contributed by atoms with Crippen LogP contribution in [0.2, 0.25) is 0 Å². The van der Waals surface area contributed by atoms with Crippen LogP contribution in [0.1, 0.15) is 46.0 Å². The van der Waals surface area contributed by atoms with Crippen LogP contribution < -0.4 is 5.73 Å². The average Bonchev–Trinajstić information content (AvgIpc) is 2.14. The fraction of sp³-hybridized carbons (Fsp3) is 0.833. The molecule has 1 aliphatic carbocycles. The number of thiocarbonyl (C=S) groups is 1. The third-order valence-corrected chi connectivity index (χ3v) is 3.75. The molecule has 0 spiro atoms. The van der Waals surface area contributed by atoms with Crippen molar-refractivity contribution in [1.29, 1.82) is 0 Å². The van der Waals surface area contributed by atoms with Crippen molar-refractivity contribution < 1.29 is 4.79 Å². The van der Waals surface area contributed by atoms with Crippen molar-refractivity contribution in [3.8, 4) is 0 Å². The first-order valence-electron chi connectivity index (χ1n) is 6.17. The Morgan fingerprint density at radius 3 is 2.06 bits per heavy atom. The molecule has 92 valence electrons. The molecule has 1 amide bonds. The summed E-state index contributed by atoms with van der Waals surface area (Å²) in [5.74, 6) is 0.162. The Hall–Kier alpha value is -0.640. The van der Waals surface area contributed by atoms with Gasteiger partial charge in [0.2, 0.25) is 5.91 Å². The Morgan fingerprint density at radius 1 is 1.31 bits per heavy atom. The third kappa shape index (κ3) is 2.37. The van der Waals surface area contributed by atoms with Crippen LogP contribution in [0.4, 0.5) is 0 Å². The van der Waals surface area contributed by atoms with E-state index in [9.17, 15) is 4.79 Å². The molecule has 3 nitrogen and oxygen atoms in total. The fourth-order valence-electron chi connectivity index (χ4n) is 2.25. The van der Waals surface area contributed by atoms with Gasteiger partial charge in [0.25, 0.3) is 0 Å². The lowest BCUT2D eigenvalue weighted by molar-refractivity contribution is -0.142. The fourth-order valence-corrected chi connectivity index (χ4v) is 2.54. The predicted molar refractivity (Wildman–Crippen MR) is 70.2 cm³/mol. The number of nitrogens with two attached hydrogens (primary N) is 1. The number of carbonyl (C=O) groups is 1. The second kappa shape index (κ2) is 5.62. The van der Waals surface area contributed by atoms with E-state index in [0.29, 0.717) is 4.99 Å². The maximum Gasteiger partial charge on any atom is 0.235 e. The van der Waals surface area contributed by atoms with E-state index in [2.05, 4.69) is 13.8 Å². The molecule has 0 aromatic carbocycles. The quantitative estimate of drug-likeness (QED) is 0.725. The van der Waals surface area contributed by atoms with E-state index in [-0.39, 0.29) is 5.91 Å². The summed E-state index contributed by atoms with van der Waals surface area (Å²) in [5.41, 5.74) is 5.25. The van der Waals surface area contributed by atoms with Crippen LogP contribution in [0.25, 0.3) is 0 Å². The summed E-state index contributed by atoms with van der Waals surface area (Å²) in [4.78, 5) is 14.7. The second-order valence-corrected chi connectivity index (χ2v) is 5.03. The number of carbonyl (C=O) groups excluding carboxylic acids is 1. The minimum Gasteiger partial charge on any atom is -0.392 e. The van der Waals surface area contributed by atoms with Gasteiger partial charge in [0.1, 0.15) is 0 Å². The molecule has 1 aliphatic rings. The number of hydrogen-bond donors (Lipinski definition) is 1. The van der Waals surface area contributed by atoms with Crippen molar-refractivity contribution in [2.24, 2.45) is 11.1 Å². The normalized spacial score (nSPS) is 17.6. The van der Waals surface area contributed by atoms with Crippen LogP contribution in [0, 0.1) is 5.41 Å². The van der Waals surface area contributed by atoms with Crippen LogP contribution in [0.3, 0.4) is 0 Å². The highest BCUT2D eigenvalue weighted by atomic mass is 32.1. The lowest BCUT2D eigenvalue weighted by Crippen LogP contribution is -2.54. The monoisotopic (exact) mass is 242 g/mol. The van der Waals surface area contributed by atoms with Gasteiger partial charge in [0.15, 0.2) is 0 Å². The van der Waals surface area contributed by atoms with Gasteiger partial charge >= 0.3 is 0 Å². The molecule has 1 saturated carbocycles. The third-order valence-electron chi connectivity index (χ3n) is 3.36. The van der Waals surface area contributed by atoms with Gasteiger partial charge in [0.05, 0.1) is 10.4 Å². The second-order valence-electron chi connectivity index (χ2n) is 4.59. The zero-order valence-electron chi connectivity index (χ0n) is 10.3. The van der Waals surface area contributed by atoms with Gasteiger partial charge in [-0.25, -0.2) is 0 Å². The maximum absolute atomic E-state index is 12.4. The molecule has 0 atom stereocenters. The predicted octanol–water partition coefficient (Wildman–Crippen LogP) is 2.09. The van der Waals surface area contributed by atoms with Crippen molar-refractivity contribution in [1.82, 2.24) is 4.90 Å². The lowest BCUT2D eigenvalue weighted by Gasteiger charge is -2.42. The molecular formula is C12H22N2OS. The minimum absolute atomic E-state index is 0.162. The smallest absolute Gasteiger partial charge is 0.235 e. The summed E-state index contributed by atoms with van der Waals surface area (Å²) < 4.78 is 0. The van der Waals surface area contributed by atoms with Gasteiger partial charge in [-0.1, -0.05) is 32.5 Å². The first-order chi connectivity index (χ1) is 7.58. The van der Waals surface area contributed by atoms with E-state index >= 15 is 0 Å². The molecule has 1 rings (SSSR count). The largest absolute Gasteiger partial charge is 0.392 e. The summed E-state index contributed by atoms with van der Waals surface area (Å²) in [6, 6.07) is 0.